The van der Waals surface area contributed by atoms with E-state index in [0.29, 0.717) is 68.0 Å². The molecule has 0 atom stereocenters. The number of morpholine rings is 1. The predicted octanol–water partition coefficient (Wildman–Crippen LogP) is 3.23. The maximum absolute atomic E-state index is 12.9. The third-order valence-electron chi connectivity index (χ3n) is 7.55. The lowest BCUT2D eigenvalue weighted by Crippen LogP contribution is -2.37. The Morgan fingerprint density at radius 2 is 1.69 bits per heavy atom. The van der Waals surface area contributed by atoms with Gasteiger partial charge in [-0.25, -0.2) is 19.9 Å². The summed E-state index contributed by atoms with van der Waals surface area (Å²) < 4.78 is 5.55. The van der Waals surface area contributed by atoms with Gasteiger partial charge >= 0.3 is 0 Å². The smallest absolute Gasteiger partial charge is 0.219 e. The first-order valence-corrected chi connectivity index (χ1v) is 13.4. The summed E-state index contributed by atoms with van der Waals surface area (Å²) in [6.45, 7) is 2.67. The van der Waals surface area contributed by atoms with E-state index in [1.165, 1.54) is 0 Å². The largest absolute Gasteiger partial charge is 0.393 e. The van der Waals surface area contributed by atoms with Crippen LogP contribution in [0.3, 0.4) is 0 Å². The highest BCUT2D eigenvalue weighted by Crippen LogP contribution is 2.31. The summed E-state index contributed by atoms with van der Waals surface area (Å²) in [6.07, 6.45) is 8.15. The van der Waals surface area contributed by atoms with Crippen LogP contribution in [0.25, 0.3) is 33.5 Å². The van der Waals surface area contributed by atoms with E-state index >= 15 is 0 Å². The second kappa shape index (κ2) is 11.0. The Labute approximate surface area is 226 Å². The van der Waals surface area contributed by atoms with Crippen molar-refractivity contribution in [3.8, 4) is 22.5 Å². The van der Waals surface area contributed by atoms with Crippen molar-refractivity contribution in [3.63, 3.8) is 0 Å². The predicted molar refractivity (Wildman–Crippen MR) is 148 cm³/mol. The molecule has 1 aliphatic carbocycles. The summed E-state index contributed by atoms with van der Waals surface area (Å²) in [7, 11) is 0. The van der Waals surface area contributed by atoms with Crippen LogP contribution < -0.4 is 10.6 Å². The number of anilines is 2. The molecule has 10 nitrogen and oxygen atoms in total. The summed E-state index contributed by atoms with van der Waals surface area (Å²) in [6, 6.07) is 10.1. The van der Waals surface area contributed by atoms with E-state index in [0.717, 1.165) is 35.3 Å². The summed E-state index contributed by atoms with van der Waals surface area (Å²) in [4.78, 5) is 37.8. The Balaban J connectivity index is 1.34. The molecule has 3 aromatic heterocycles. The van der Waals surface area contributed by atoms with Gasteiger partial charge in [-0.15, -0.1) is 0 Å². The highest BCUT2D eigenvalue weighted by molar-refractivity contribution is 5.90. The molecular formula is C29H31N7O3. The van der Waals surface area contributed by atoms with Gasteiger partial charge in [0.25, 0.3) is 0 Å². The first-order valence-electron chi connectivity index (χ1n) is 13.4. The van der Waals surface area contributed by atoms with Crippen LogP contribution in [0.5, 0.6) is 0 Å². The van der Waals surface area contributed by atoms with Crippen LogP contribution in [0, 0.1) is 5.92 Å². The highest BCUT2D eigenvalue weighted by Gasteiger charge is 2.25. The highest BCUT2D eigenvalue weighted by atomic mass is 16.5. The van der Waals surface area contributed by atoms with Gasteiger partial charge in [-0.3, -0.25) is 9.78 Å². The standard InChI is InChI=1S/C29H31N7O3/c30-29-32-16-22(17-33-29)27-34-24-14-21(15-31-26(24)28(35-27)36-8-10-39-11-9-36)20-3-1-2-18(12-20)13-25(38)19-4-6-23(37)7-5-19/h1-3,12,14-17,19,23,37H,4-11,13H2,(H2,30,32,33). The van der Waals surface area contributed by atoms with Crippen molar-refractivity contribution in [3.05, 3.63) is 54.5 Å². The third kappa shape index (κ3) is 5.57. The molecule has 1 aromatic carbocycles. The Morgan fingerprint density at radius 1 is 0.949 bits per heavy atom. The number of fused-ring (bicyclic) bond motifs is 1. The van der Waals surface area contributed by atoms with Gasteiger partial charge in [-0.05, 0) is 42.9 Å². The van der Waals surface area contributed by atoms with Gasteiger partial charge < -0.3 is 20.5 Å². The lowest BCUT2D eigenvalue weighted by atomic mass is 9.83. The van der Waals surface area contributed by atoms with Gasteiger partial charge in [-0.1, -0.05) is 24.3 Å². The number of pyridine rings is 1. The van der Waals surface area contributed by atoms with Crippen molar-refractivity contribution in [2.45, 2.75) is 38.2 Å². The molecule has 0 unspecified atom stereocenters. The first kappa shape index (κ1) is 25.3. The second-order valence-corrected chi connectivity index (χ2v) is 10.2. The number of ether oxygens (including phenoxy) is 1. The van der Waals surface area contributed by atoms with E-state index in [9.17, 15) is 9.90 Å². The number of aromatic nitrogens is 5. The number of carbonyl (C=O) groups excluding carboxylic acids is 1. The third-order valence-corrected chi connectivity index (χ3v) is 7.55. The maximum atomic E-state index is 12.9. The number of nitrogens with zero attached hydrogens (tertiary/aromatic N) is 6. The minimum absolute atomic E-state index is 0.0328. The Hall–Kier alpha value is -4.02. The van der Waals surface area contributed by atoms with Crippen LogP contribution in [-0.2, 0) is 16.0 Å². The number of benzene rings is 1. The molecule has 1 saturated heterocycles. The van der Waals surface area contributed by atoms with Gasteiger partial charge in [0, 0.05) is 49.6 Å². The molecule has 2 aliphatic rings. The van der Waals surface area contributed by atoms with E-state index in [1.54, 1.807) is 12.4 Å². The summed E-state index contributed by atoms with van der Waals surface area (Å²) in [5, 5.41) is 9.77. The average Bonchev–Trinajstić information content (AvgIpc) is 2.97. The minimum atomic E-state index is -0.265. The normalized spacial score (nSPS) is 19.8. The fourth-order valence-corrected chi connectivity index (χ4v) is 5.34. The van der Waals surface area contributed by atoms with E-state index in [2.05, 4.69) is 20.9 Å². The van der Waals surface area contributed by atoms with Crippen molar-refractivity contribution in [1.29, 1.82) is 0 Å². The van der Waals surface area contributed by atoms with Gasteiger partial charge in [0.1, 0.15) is 11.3 Å². The number of nitrogens with two attached hydrogens (primary N) is 1. The minimum Gasteiger partial charge on any atom is -0.393 e. The molecule has 0 amide bonds. The van der Waals surface area contributed by atoms with Crippen molar-refractivity contribution in [2.75, 3.05) is 36.9 Å². The molecule has 0 spiro atoms. The maximum Gasteiger partial charge on any atom is 0.219 e. The number of rotatable bonds is 6. The summed E-state index contributed by atoms with van der Waals surface area (Å²) in [5.41, 5.74) is 10.6. The Morgan fingerprint density at radius 3 is 2.46 bits per heavy atom. The number of hydrogen-bond acceptors (Lipinski definition) is 10. The van der Waals surface area contributed by atoms with Crippen LogP contribution in [0.1, 0.15) is 31.2 Å². The van der Waals surface area contributed by atoms with Crippen LogP contribution >= 0.6 is 0 Å². The zero-order valence-corrected chi connectivity index (χ0v) is 21.7. The molecule has 0 radical (unpaired) electrons. The van der Waals surface area contributed by atoms with Gasteiger partial charge in [0.05, 0.1) is 30.4 Å². The molecule has 0 bridgehead atoms. The Kier molecular flexibility index (Phi) is 7.12. The van der Waals surface area contributed by atoms with Crippen LogP contribution in [0.2, 0.25) is 0 Å². The molecule has 4 aromatic rings. The quantitative estimate of drug-likeness (QED) is 0.385. The molecular weight excluding hydrogens is 494 g/mol. The van der Waals surface area contributed by atoms with Gasteiger partial charge in [0.2, 0.25) is 5.95 Å². The zero-order chi connectivity index (χ0) is 26.8. The summed E-state index contributed by atoms with van der Waals surface area (Å²) in [5.74, 6) is 1.72. The molecule has 4 heterocycles. The number of hydrogen-bond donors (Lipinski definition) is 2. The molecule has 1 aliphatic heterocycles. The number of Topliss-reactive ketones (excluding diaryl/α,β-unsaturated/α-hetero) is 1. The lowest BCUT2D eigenvalue weighted by Gasteiger charge is -2.28. The number of ketones is 1. The molecule has 39 heavy (non-hydrogen) atoms. The molecule has 1 saturated carbocycles. The number of aliphatic hydroxyl groups excluding tert-OH is 1. The molecule has 10 heteroatoms. The van der Waals surface area contributed by atoms with Crippen LogP contribution in [0.4, 0.5) is 11.8 Å². The fourth-order valence-electron chi connectivity index (χ4n) is 5.34. The van der Waals surface area contributed by atoms with Crippen LogP contribution in [0.15, 0.2) is 48.9 Å². The van der Waals surface area contributed by atoms with Crippen molar-refractivity contribution < 1.29 is 14.6 Å². The van der Waals surface area contributed by atoms with Gasteiger partial charge in [-0.2, -0.15) is 0 Å². The fraction of sp³-hybridized carbons (Fsp3) is 0.379. The van der Waals surface area contributed by atoms with E-state index in [4.69, 9.17) is 25.4 Å². The van der Waals surface area contributed by atoms with Gasteiger partial charge in [0.15, 0.2) is 11.6 Å². The molecule has 200 valence electrons. The Bertz CT molecular complexity index is 1480. The zero-order valence-electron chi connectivity index (χ0n) is 21.7. The van der Waals surface area contributed by atoms with Crippen molar-refractivity contribution >= 4 is 28.6 Å². The van der Waals surface area contributed by atoms with E-state index in [-0.39, 0.29) is 23.8 Å². The monoisotopic (exact) mass is 525 g/mol. The molecule has 3 N–H and O–H groups in total. The number of carbonyl (C=O) groups is 1. The van der Waals surface area contributed by atoms with Crippen molar-refractivity contribution in [2.24, 2.45) is 5.92 Å². The first-order chi connectivity index (χ1) is 19.0. The average molecular weight is 526 g/mol. The van der Waals surface area contributed by atoms with E-state index in [1.807, 2.05) is 30.5 Å². The number of nitrogen functional groups attached to an aromatic ring is 1. The molecule has 6 rings (SSSR count). The second-order valence-electron chi connectivity index (χ2n) is 10.2. The molecule has 2 fully saturated rings. The van der Waals surface area contributed by atoms with Crippen molar-refractivity contribution in [1.82, 2.24) is 24.9 Å². The summed E-state index contributed by atoms with van der Waals surface area (Å²) >= 11 is 0. The topological polar surface area (TPSA) is 140 Å². The number of aliphatic hydroxyl groups is 1. The lowest BCUT2D eigenvalue weighted by molar-refractivity contribution is -0.123. The van der Waals surface area contributed by atoms with Crippen LogP contribution in [-0.4, -0.2) is 68.2 Å². The van der Waals surface area contributed by atoms with E-state index < -0.39 is 0 Å². The SMILES string of the molecule is Nc1ncc(-c2nc(N3CCOCC3)c3ncc(-c4cccc(CC(=O)C5CCC(O)CC5)c4)cc3n2)cn1.